The third kappa shape index (κ3) is 3.40. The highest BCUT2D eigenvalue weighted by Gasteiger charge is 2.29. The van der Waals surface area contributed by atoms with Crippen LogP contribution in [-0.2, 0) is 9.53 Å². The Kier molecular flexibility index (Phi) is 3.57. The summed E-state index contributed by atoms with van der Waals surface area (Å²) in [5.41, 5.74) is 0.223. The van der Waals surface area contributed by atoms with E-state index in [-0.39, 0.29) is 17.7 Å². The largest absolute Gasteiger partial charge is 0.477 e. The molecular formula is C14H18N2O4. The number of carboxylic acid groups (broad SMARTS) is 1. The monoisotopic (exact) mass is 278 g/mol. The van der Waals surface area contributed by atoms with Crippen molar-refractivity contribution in [2.75, 3.05) is 0 Å². The smallest absolute Gasteiger partial charge is 0.412 e. The van der Waals surface area contributed by atoms with Crippen LogP contribution in [0.3, 0.4) is 0 Å². The molecule has 0 aromatic carbocycles. The molecule has 1 aliphatic heterocycles. The lowest BCUT2D eigenvalue weighted by atomic mass is 9.96. The lowest BCUT2D eigenvalue weighted by Crippen LogP contribution is -2.34. The number of hydrogen-bond acceptors (Lipinski definition) is 4. The zero-order valence-electron chi connectivity index (χ0n) is 11.6. The van der Waals surface area contributed by atoms with Crippen molar-refractivity contribution in [2.45, 2.75) is 32.4 Å². The van der Waals surface area contributed by atoms with Crippen LogP contribution in [-0.4, -0.2) is 28.8 Å². The summed E-state index contributed by atoms with van der Waals surface area (Å²) < 4.78 is 5.16. The Morgan fingerprint density at radius 1 is 1.35 bits per heavy atom. The first-order valence-corrected chi connectivity index (χ1v) is 6.36. The number of amides is 1. The van der Waals surface area contributed by atoms with E-state index in [9.17, 15) is 9.59 Å². The molecule has 2 rings (SSSR count). The highest BCUT2D eigenvalue weighted by molar-refractivity contribution is 5.87. The molecule has 2 atom stereocenters. The minimum absolute atomic E-state index is 0.0784. The summed E-state index contributed by atoms with van der Waals surface area (Å²) in [5, 5.41) is 14.5. The quantitative estimate of drug-likeness (QED) is 0.713. The number of hydrogen-bond donors (Lipinski definition) is 3. The average Bonchev–Trinajstić information content (AvgIpc) is 2.69. The van der Waals surface area contributed by atoms with Gasteiger partial charge in [-0.05, 0) is 32.9 Å². The van der Waals surface area contributed by atoms with Crippen molar-refractivity contribution in [3.05, 3.63) is 35.7 Å². The normalized spacial score (nSPS) is 24.1. The van der Waals surface area contributed by atoms with Gasteiger partial charge in [0.25, 0.3) is 0 Å². The maximum absolute atomic E-state index is 11.7. The number of carbonyl (C=O) groups excluding carboxylic acids is 1. The van der Waals surface area contributed by atoms with Crippen LogP contribution in [0.2, 0.25) is 0 Å². The molecule has 0 spiro atoms. The van der Waals surface area contributed by atoms with Gasteiger partial charge in [0.1, 0.15) is 11.3 Å². The van der Waals surface area contributed by atoms with E-state index < -0.39 is 17.7 Å². The van der Waals surface area contributed by atoms with Gasteiger partial charge in [0.05, 0.1) is 6.04 Å². The highest BCUT2D eigenvalue weighted by atomic mass is 16.6. The molecule has 6 heteroatoms. The minimum Gasteiger partial charge on any atom is -0.477 e. The molecule has 0 saturated heterocycles. The second-order valence-electron chi connectivity index (χ2n) is 5.74. The number of carbonyl (C=O) groups is 2. The first-order chi connectivity index (χ1) is 9.24. The van der Waals surface area contributed by atoms with E-state index in [2.05, 4.69) is 10.6 Å². The summed E-state index contributed by atoms with van der Waals surface area (Å²) in [5.74, 6) is -1.07. The minimum atomic E-state index is -0.983. The predicted molar refractivity (Wildman–Crippen MR) is 72.7 cm³/mol. The van der Waals surface area contributed by atoms with Gasteiger partial charge >= 0.3 is 12.1 Å². The second kappa shape index (κ2) is 5.03. The van der Waals surface area contributed by atoms with Gasteiger partial charge in [-0.25, -0.2) is 9.59 Å². The van der Waals surface area contributed by atoms with Crippen LogP contribution >= 0.6 is 0 Å². The molecule has 0 bridgehead atoms. The van der Waals surface area contributed by atoms with Crippen LogP contribution in [0, 0.1) is 5.92 Å². The molecule has 108 valence electrons. The molecule has 1 amide bonds. The Hall–Kier alpha value is -2.24. The van der Waals surface area contributed by atoms with E-state index >= 15 is 0 Å². The Morgan fingerprint density at radius 3 is 2.65 bits per heavy atom. The van der Waals surface area contributed by atoms with Crippen LogP contribution in [0.5, 0.6) is 0 Å². The molecule has 2 unspecified atom stereocenters. The molecule has 1 aliphatic carbocycles. The van der Waals surface area contributed by atoms with Crippen LogP contribution < -0.4 is 10.6 Å². The standard InChI is InChI=1S/C14H18N2O4/c1-14(2,3)20-13(19)15-9-4-5-10-8(6-9)7-11(16-10)12(17)18/h4-8,10,16H,1-3H3,(H,15,19)(H,17,18). The van der Waals surface area contributed by atoms with Crippen LogP contribution in [0.15, 0.2) is 35.7 Å². The van der Waals surface area contributed by atoms with E-state index in [1.54, 1.807) is 39.0 Å². The number of allylic oxidation sites excluding steroid dienone is 1. The van der Waals surface area contributed by atoms with Crippen molar-refractivity contribution in [3.8, 4) is 0 Å². The summed E-state index contributed by atoms with van der Waals surface area (Å²) in [7, 11) is 0. The SMILES string of the molecule is CC(C)(C)OC(=O)NC1=CC2C=C(C(=O)O)NC2C=C1. The first kappa shape index (κ1) is 14.2. The molecule has 2 aliphatic rings. The Morgan fingerprint density at radius 2 is 2.05 bits per heavy atom. The second-order valence-corrected chi connectivity index (χ2v) is 5.74. The van der Waals surface area contributed by atoms with Gasteiger partial charge in [-0.3, -0.25) is 5.32 Å². The number of rotatable bonds is 2. The summed E-state index contributed by atoms with van der Waals surface area (Å²) in [6, 6.07) is -0.0784. The molecule has 0 saturated carbocycles. The Balaban J connectivity index is 2.02. The topological polar surface area (TPSA) is 87.7 Å². The number of carboxylic acids is 1. The molecule has 20 heavy (non-hydrogen) atoms. The summed E-state index contributed by atoms with van der Waals surface area (Å²) in [6.45, 7) is 5.36. The van der Waals surface area contributed by atoms with Gasteiger partial charge in [0.15, 0.2) is 0 Å². The fourth-order valence-electron chi connectivity index (χ4n) is 2.06. The van der Waals surface area contributed by atoms with E-state index in [1.807, 2.05) is 6.08 Å². The van der Waals surface area contributed by atoms with Crippen molar-refractivity contribution >= 4 is 12.1 Å². The third-order valence-corrected chi connectivity index (χ3v) is 2.83. The predicted octanol–water partition coefficient (Wildman–Crippen LogP) is 1.52. The van der Waals surface area contributed by atoms with Crippen molar-refractivity contribution in [2.24, 2.45) is 5.92 Å². The van der Waals surface area contributed by atoms with Crippen molar-refractivity contribution in [3.63, 3.8) is 0 Å². The van der Waals surface area contributed by atoms with Crippen LogP contribution in [0.4, 0.5) is 4.79 Å². The summed E-state index contributed by atoms with van der Waals surface area (Å²) >= 11 is 0. The zero-order valence-corrected chi connectivity index (χ0v) is 11.6. The molecule has 3 N–H and O–H groups in total. The van der Waals surface area contributed by atoms with Gasteiger partial charge in [-0.1, -0.05) is 12.2 Å². The molecule has 0 fully saturated rings. The van der Waals surface area contributed by atoms with Gasteiger partial charge < -0.3 is 15.2 Å². The Bertz CT molecular complexity index is 526. The van der Waals surface area contributed by atoms with Crippen molar-refractivity contribution in [1.82, 2.24) is 10.6 Å². The van der Waals surface area contributed by atoms with Crippen LogP contribution in [0.25, 0.3) is 0 Å². The fourth-order valence-corrected chi connectivity index (χ4v) is 2.06. The van der Waals surface area contributed by atoms with E-state index in [1.165, 1.54) is 0 Å². The third-order valence-electron chi connectivity index (χ3n) is 2.83. The van der Waals surface area contributed by atoms with Gasteiger partial charge in [0.2, 0.25) is 0 Å². The van der Waals surface area contributed by atoms with Gasteiger partial charge in [0, 0.05) is 11.6 Å². The summed E-state index contributed by atoms with van der Waals surface area (Å²) in [6.07, 6.45) is 6.46. The number of nitrogens with one attached hydrogen (secondary N) is 2. The molecular weight excluding hydrogens is 260 g/mol. The molecule has 0 aromatic rings. The zero-order chi connectivity index (χ0) is 14.9. The number of aliphatic carboxylic acids is 1. The number of fused-ring (bicyclic) bond motifs is 1. The number of ether oxygens (including phenoxy) is 1. The maximum Gasteiger partial charge on any atom is 0.412 e. The molecule has 0 radical (unpaired) electrons. The van der Waals surface area contributed by atoms with Crippen molar-refractivity contribution < 1.29 is 19.4 Å². The van der Waals surface area contributed by atoms with E-state index in [4.69, 9.17) is 9.84 Å². The number of alkyl carbamates (subject to hydrolysis) is 1. The van der Waals surface area contributed by atoms with Gasteiger partial charge in [-0.2, -0.15) is 0 Å². The average molecular weight is 278 g/mol. The molecule has 1 heterocycles. The van der Waals surface area contributed by atoms with E-state index in [0.29, 0.717) is 5.70 Å². The lowest BCUT2D eigenvalue weighted by molar-refractivity contribution is -0.133. The summed E-state index contributed by atoms with van der Waals surface area (Å²) in [4.78, 5) is 22.6. The molecule has 0 aromatic heterocycles. The Labute approximate surface area is 117 Å². The lowest BCUT2D eigenvalue weighted by Gasteiger charge is -2.22. The van der Waals surface area contributed by atoms with Crippen LogP contribution in [0.1, 0.15) is 20.8 Å². The molecule has 6 nitrogen and oxygen atoms in total. The van der Waals surface area contributed by atoms with Crippen molar-refractivity contribution in [1.29, 1.82) is 0 Å². The first-order valence-electron chi connectivity index (χ1n) is 6.36. The van der Waals surface area contributed by atoms with E-state index in [0.717, 1.165) is 0 Å². The van der Waals surface area contributed by atoms with Gasteiger partial charge in [-0.15, -0.1) is 0 Å². The fraction of sp³-hybridized carbons (Fsp3) is 0.429. The maximum atomic E-state index is 11.7. The highest BCUT2D eigenvalue weighted by Crippen LogP contribution is 2.24.